The second-order valence-electron chi connectivity index (χ2n) is 8.10. The number of carbonyl (C=O) groups excluding carboxylic acids is 3. The van der Waals surface area contributed by atoms with Crippen LogP contribution in [-0.4, -0.2) is 26.9 Å². The summed E-state index contributed by atoms with van der Waals surface area (Å²) in [5, 5.41) is 4.61. The maximum Gasteiger partial charge on any atom is 0.293 e. The number of anilines is 1. The Morgan fingerprint density at radius 2 is 1.65 bits per heavy atom. The summed E-state index contributed by atoms with van der Waals surface area (Å²) < 4.78 is 0. The van der Waals surface area contributed by atoms with Crippen LogP contribution in [-0.2, 0) is 11.3 Å². The van der Waals surface area contributed by atoms with Gasteiger partial charge in [0.2, 0.25) is 0 Å². The van der Waals surface area contributed by atoms with E-state index in [-0.39, 0.29) is 27.6 Å². The van der Waals surface area contributed by atoms with Crippen molar-refractivity contribution < 1.29 is 14.4 Å². The average molecular weight is 591 g/mol. The minimum absolute atomic E-state index is 0.0810. The minimum Gasteiger partial charge on any atom is -0.361 e. The first-order chi connectivity index (χ1) is 17.7. The molecule has 37 heavy (non-hydrogen) atoms. The molecule has 4 aromatic rings. The number of aromatic amines is 1. The summed E-state index contributed by atoms with van der Waals surface area (Å²) in [6, 6.07) is 15.0. The highest BCUT2D eigenvalue weighted by molar-refractivity contribution is 8.18. The second kappa shape index (κ2) is 10.4. The molecule has 2 heterocycles. The molecule has 11 heteroatoms. The van der Waals surface area contributed by atoms with Crippen molar-refractivity contribution in [3.8, 4) is 0 Å². The molecule has 0 unspecified atom stereocenters. The number of amides is 3. The first-order valence-electron chi connectivity index (χ1n) is 10.8. The van der Waals surface area contributed by atoms with Gasteiger partial charge < -0.3 is 10.3 Å². The Balaban J connectivity index is 1.38. The predicted octanol–water partition coefficient (Wildman–Crippen LogP) is 8.27. The summed E-state index contributed by atoms with van der Waals surface area (Å²) in [7, 11) is 0. The fourth-order valence-corrected chi connectivity index (χ4v) is 5.23. The van der Waals surface area contributed by atoms with Crippen LogP contribution in [0.1, 0.15) is 21.5 Å². The number of H-pyrrole nitrogens is 1. The summed E-state index contributed by atoms with van der Waals surface area (Å²) in [6.45, 7) is 0.0810. The van der Waals surface area contributed by atoms with Gasteiger partial charge in [-0.1, -0.05) is 52.5 Å². The summed E-state index contributed by atoms with van der Waals surface area (Å²) in [5.41, 5.74) is 3.09. The van der Waals surface area contributed by atoms with E-state index in [1.807, 2.05) is 6.07 Å². The number of imide groups is 1. The van der Waals surface area contributed by atoms with Gasteiger partial charge in [0.15, 0.2) is 0 Å². The zero-order chi connectivity index (χ0) is 26.3. The number of fused-ring (bicyclic) bond motifs is 1. The van der Waals surface area contributed by atoms with Gasteiger partial charge in [0.1, 0.15) is 0 Å². The Morgan fingerprint density at radius 3 is 2.38 bits per heavy atom. The van der Waals surface area contributed by atoms with E-state index in [9.17, 15) is 14.4 Å². The lowest BCUT2D eigenvalue weighted by Gasteiger charge is -2.12. The van der Waals surface area contributed by atoms with Crippen LogP contribution in [0, 0.1) is 0 Å². The number of hydrogen-bond acceptors (Lipinski definition) is 4. The molecule has 0 radical (unpaired) electrons. The van der Waals surface area contributed by atoms with Crippen LogP contribution in [0.5, 0.6) is 0 Å². The molecule has 6 nitrogen and oxygen atoms in total. The molecule has 1 aliphatic rings. The standard InChI is InChI=1S/C26H15Cl4N3O3S/c27-18-4-1-13(7-20(18)29)12-33-25(35)23(37-26(33)36)9-15-11-31-22-6-3-16(10-17(15)22)32-24(34)14-2-5-19(28)21(30)8-14/h1-11,31H,12H2,(H,32,34). The SMILES string of the molecule is O=C(Nc1ccc2[nH]cc(C=C3SC(=O)N(Cc4ccc(Cl)c(Cl)c4)C3=O)c2c1)c1ccc(Cl)c(Cl)c1. The van der Waals surface area contributed by atoms with E-state index in [0.717, 1.165) is 27.6 Å². The Bertz CT molecular complexity index is 1630. The van der Waals surface area contributed by atoms with Crippen molar-refractivity contribution in [2.45, 2.75) is 6.54 Å². The number of benzene rings is 3. The average Bonchev–Trinajstić information content (AvgIpc) is 3.38. The number of hydrogen-bond donors (Lipinski definition) is 2. The van der Waals surface area contributed by atoms with Crippen molar-refractivity contribution >= 4 is 97.9 Å². The van der Waals surface area contributed by atoms with Crippen LogP contribution in [0.25, 0.3) is 17.0 Å². The lowest BCUT2D eigenvalue weighted by Crippen LogP contribution is -2.27. The van der Waals surface area contributed by atoms with Gasteiger partial charge in [0.25, 0.3) is 17.1 Å². The molecule has 1 saturated heterocycles. The number of rotatable bonds is 5. The lowest BCUT2D eigenvalue weighted by atomic mass is 10.1. The zero-order valence-corrected chi connectivity index (χ0v) is 22.5. The Morgan fingerprint density at radius 1 is 0.919 bits per heavy atom. The molecular formula is C26H15Cl4N3O3S. The fraction of sp³-hybridized carbons (Fsp3) is 0.0385. The van der Waals surface area contributed by atoms with Gasteiger partial charge in [-0.15, -0.1) is 0 Å². The largest absolute Gasteiger partial charge is 0.361 e. The molecule has 0 aliphatic carbocycles. The van der Waals surface area contributed by atoms with Crippen LogP contribution >= 0.6 is 58.2 Å². The van der Waals surface area contributed by atoms with E-state index in [1.165, 1.54) is 6.07 Å². The van der Waals surface area contributed by atoms with Gasteiger partial charge >= 0.3 is 0 Å². The monoisotopic (exact) mass is 589 g/mol. The van der Waals surface area contributed by atoms with Gasteiger partial charge in [-0.3, -0.25) is 19.3 Å². The predicted molar refractivity (Wildman–Crippen MR) is 151 cm³/mol. The highest BCUT2D eigenvalue weighted by Gasteiger charge is 2.35. The molecule has 3 amide bonds. The van der Waals surface area contributed by atoms with Crippen LogP contribution in [0.4, 0.5) is 10.5 Å². The molecule has 5 rings (SSSR count). The molecular weight excluding hydrogens is 576 g/mol. The summed E-state index contributed by atoms with van der Waals surface area (Å²) in [6.07, 6.45) is 3.39. The molecule has 0 bridgehead atoms. The van der Waals surface area contributed by atoms with E-state index in [0.29, 0.717) is 37.4 Å². The molecule has 3 aromatic carbocycles. The molecule has 1 fully saturated rings. The van der Waals surface area contributed by atoms with Gasteiger partial charge in [0, 0.05) is 33.9 Å². The quantitative estimate of drug-likeness (QED) is 0.229. The van der Waals surface area contributed by atoms with Crippen molar-refractivity contribution in [1.29, 1.82) is 0 Å². The Labute approximate surface area is 235 Å². The number of carbonyl (C=O) groups is 3. The molecule has 0 saturated carbocycles. The molecule has 2 N–H and O–H groups in total. The van der Waals surface area contributed by atoms with Gasteiger partial charge in [0.05, 0.1) is 31.5 Å². The normalized spacial score (nSPS) is 14.7. The zero-order valence-electron chi connectivity index (χ0n) is 18.7. The first kappa shape index (κ1) is 25.7. The van der Waals surface area contributed by atoms with Gasteiger partial charge in [-0.25, -0.2) is 0 Å². The van der Waals surface area contributed by atoms with Crippen molar-refractivity contribution in [3.63, 3.8) is 0 Å². The van der Waals surface area contributed by atoms with Crippen LogP contribution < -0.4 is 5.32 Å². The van der Waals surface area contributed by atoms with E-state index in [1.54, 1.807) is 54.7 Å². The van der Waals surface area contributed by atoms with E-state index in [4.69, 9.17) is 46.4 Å². The number of nitrogens with one attached hydrogen (secondary N) is 2. The molecule has 186 valence electrons. The van der Waals surface area contributed by atoms with Crippen molar-refractivity contribution in [2.24, 2.45) is 0 Å². The van der Waals surface area contributed by atoms with E-state index < -0.39 is 5.91 Å². The van der Waals surface area contributed by atoms with Crippen LogP contribution in [0.2, 0.25) is 20.1 Å². The smallest absolute Gasteiger partial charge is 0.293 e. The third kappa shape index (κ3) is 5.37. The summed E-state index contributed by atoms with van der Waals surface area (Å²) in [4.78, 5) is 42.9. The van der Waals surface area contributed by atoms with Crippen molar-refractivity contribution in [1.82, 2.24) is 9.88 Å². The van der Waals surface area contributed by atoms with Gasteiger partial charge in [-0.2, -0.15) is 0 Å². The maximum atomic E-state index is 13.0. The highest BCUT2D eigenvalue weighted by Crippen LogP contribution is 2.35. The summed E-state index contributed by atoms with van der Waals surface area (Å²) in [5.74, 6) is -0.752. The Kier molecular flexibility index (Phi) is 7.25. The van der Waals surface area contributed by atoms with E-state index >= 15 is 0 Å². The minimum atomic E-state index is -0.403. The van der Waals surface area contributed by atoms with Crippen molar-refractivity contribution in [2.75, 3.05) is 5.32 Å². The van der Waals surface area contributed by atoms with Crippen molar-refractivity contribution in [3.05, 3.63) is 102 Å². The molecule has 0 spiro atoms. The number of thioether (sulfide) groups is 1. The topological polar surface area (TPSA) is 82.3 Å². The third-order valence-electron chi connectivity index (χ3n) is 5.64. The number of halogens is 4. The summed E-state index contributed by atoms with van der Waals surface area (Å²) >= 11 is 24.8. The lowest BCUT2D eigenvalue weighted by molar-refractivity contribution is -0.123. The van der Waals surface area contributed by atoms with E-state index in [2.05, 4.69) is 10.3 Å². The molecule has 1 aliphatic heterocycles. The van der Waals surface area contributed by atoms with Gasteiger partial charge in [-0.05, 0) is 71.9 Å². The number of aromatic nitrogens is 1. The fourth-order valence-electron chi connectivity index (χ4n) is 3.78. The third-order valence-corrected chi connectivity index (χ3v) is 8.02. The highest BCUT2D eigenvalue weighted by atomic mass is 35.5. The molecule has 1 aromatic heterocycles. The van der Waals surface area contributed by atoms with Crippen LogP contribution in [0.15, 0.2) is 65.7 Å². The first-order valence-corrected chi connectivity index (χ1v) is 13.1. The number of nitrogens with zero attached hydrogens (tertiary/aromatic N) is 1. The Hall–Kier alpha value is -2.94. The molecule has 0 atom stereocenters. The second-order valence-corrected chi connectivity index (χ2v) is 10.7. The van der Waals surface area contributed by atoms with Crippen LogP contribution in [0.3, 0.4) is 0 Å². The maximum absolute atomic E-state index is 13.0.